The van der Waals surface area contributed by atoms with Gasteiger partial charge in [-0.2, -0.15) is 0 Å². The summed E-state index contributed by atoms with van der Waals surface area (Å²) in [4.78, 5) is 1.38. The number of ether oxygens (including phenoxy) is 1. The molecule has 3 rings (SSSR count). The van der Waals surface area contributed by atoms with Gasteiger partial charge in [-0.15, -0.1) is 11.3 Å². The predicted molar refractivity (Wildman–Crippen MR) is 87.7 cm³/mol. The van der Waals surface area contributed by atoms with Gasteiger partial charge in [-0.1, -0.05) is 6.07 Å². The number of methoxy groups -OCH3 is 1. The molecule has 0 bridgehead atoms. The van der Waals surface area contributed by atoms with Crippen molar-refractivity contribution in [1.29, 1.82) is 0 Å². The summed E-state index contributed by atoms with van der Waals surface area (Å²) >= 11 is 5.39. The number of fused-ring (bicyclic) bond motifs is 1. The largest absolute Gasteiger partial charge is 0.497 e. The molecule has 2 aromatic rings. The van der Waals surface area contributed by atoms with Crippen LogP contribution < -0.4 is 10.1 Å². The molecule has 1 aromatic carbocycles. The molecule has 0 radical (unpaired) electrons. The molecule has 4 heteroatoms. The number of nitrogens with one attached hydrogen (secondary N) is 1. The van der Waals surface area contributed by atoms with E-state index in [-0.39, 0.29) is 0 Å². The average Bonchev–Trinajstić information content (AvgIpc) is 2.89. The van der Waals surface area contributed by atoms with Crippen LogP contribution in [0.5, 0.6) is 5.75 Å². The Labute approximate surface area is 132 Å². The van der Waals surface area contributed by atoms with Crippen molar-refractivity contribution in [3.05, 3.63) is 50.1 Å². The smallest absolute Gasteiger partial charge is 0.119 e. The molecular formula is C16H18BrNOS. The van der Waals surface area contributed by atoms with Crippen LogP contribution in [0.3, 0.4) is 0 Å². The summed E-state index contributed by atoms with van der Waals surface area (Å²) < 4.78 is 6.54. The SMILES string of the molecule is COc1ccc2c(c1)CC(NCc1sccc1Br)CC2. The Morgan fingerprint density at radius 2 is 2.25 bits per heavy atom. The van der Waals surface area contributed by atoms with Crippen molar-refractivity contribution in [2.45, 2.75) is 31.8 Å². The first-order valence-electron chi connectivity index (χ1n) is 6.87. The normalized spacial score (nSPS) is 17.8. The maximum atomic E-state index is 5.33. The lowest BCUT2D eigenvalue weighted by atomic mass is 9.88. The van der Waals surface area contributed by atoms with Gasteiger partial charge in [-0.3, -0.25) is 0 Å². The molecule has 1 aliphatic rings. The summed E-state index contributed by atoms with van der Waals surface area (Å²) in [6.45, 7) is 0.947. The van der Waals surface area contributed by atoms with Crippen LogP contribution in [0.15, 0.2) is 34.1 Å². The summed E-state index contributed by atoms with van der Waals surface area (Å²) in [6.07, 6.45) is 3.46. The van der Waals surface area contributed by atoms with E-state index in [1.165, 1.54) is 26.9 Å². The van der Waals surface area contributed by atoms with Crippen molar-refractivity contribution in [1.82, 2.24) is 5.32 Å². The third-order valence-electron chi connectivity index (χ3n) is 3.88. The van der Waals surface area contributed by atoms with Gasteiger partial charge in [0, 0.05) is 21.9 Å². The number of thiophene rings is 1. The molecule has 0 saturated carbocycles. The zero-order chi connectivity index (χ0) is 13.9. The summed E-state index contributed by atoms with van der Waals surface area (Å²) in [6, 6.07) is 9.13. The second kappa shape index (κ2) is 6.29. The van der Waals surface area contributed by atoms with Gasteiger partial charge in [0.25, 0.3) is 0 Å². The van der Waals surface area contributed by atoms with Crippen molar-refractivity contribution in [2.75, 3.05) is 7.11 Å². The highest BCUT2D eigenvalue weighted by molar-refractivity contribution is 9.10. The molecule has 106 valence electrons. The molecule has 2 nitrogen and oxygen atoms in total. The topological polar surface area (TPSA) is 21.3 Å². The van der Waals surface area contributed by atoms with Crippen LogP contribution in [-0.2, 0) is 19.4 Å². The fourth-order valence-electron chi connectivity index (χ4n) is 2.72. The molecule has 1 heterocycles. The Morgan fingerprint density at radius 3 is 3.00 bits per heavy atom. The van der Waals surface area contributed by atoms with E-state index < -0.39 is 0 Å². The van der Waals surface area contributed by atoms with Gasteiger partial charge in [0.05, 0.1) is 7.11 Å². The van der Waals surface area contributed by atoms with Gasteiger partial charge in [0.15, 0.2) is 0 Å². The maximum Gasteiger partial charge on any atom is 0.119 e. The zero-order valence-corrected chi connectivity index (χ0v) is 13.9. The van der Waals surface area contributed by atoms with Crippen LogP contribution in [0.1, 0.15) is 22.4 Å². The lowest BCUT2D eigenvalue weighted by Crippen LogP contribution is -2.33. The monoisotopic (exact) mass is 351 g/mol. The third-order valence-corrected chi connectivity index (χ3v) is 5.81. The van der Waals surface area contributed by atoms with Gasteiger partial charge >= 0.3 is 0 Å². The summed E-state index contributed by atoms with van der Waals surface area (Å²) in [5.74, 6) is 0.963. The molecule has 0 aliphatic heterocycles. The van der Waals surface area contributed by atoms with Crippen LogP contribution in [0, 0.1) is 0 Å². The summed E-state index contributed by atoms with van der Waals surface area (Å²) in [5, 5.41) is 5.81. The van der Waals surface area contributed by atoms with Crippen molar-refractivity contribution in [2.24, 2.45) is 0 Å². The van der Waals surface area contributed by atoms with Crippen molar-refractivity contribution >= 4 is 27.3 Å². The van der Waals surface area contributed by atoms with Crippen LogP contribution in [0.25, 0.3) is 0 Å². The van der Waals surface area contributed by atoms with E-state index in [1.54, 1.807) is 18.4 Å². The van der Waals surface area contributed by atoms with Gasteiger partial charge in [-0.05, 0) is 69.9 Å². The quantitative estimate of drug-likeness (QED) is 0.892. The number of hydrogen-bond donors (Lipinski definition) is 1. The number of aryl methyl sites for hydroxylation is 1. The van der Waals surface area contributed by atoms with E-state index in [0.717, 1.165) is 25.1 Å². The molecule has 1 unspecified atom stereocenters. The summed E-state index contributed by atoms with van der Waals surface area (Å²) in [7, 11) is 1.73. The van der Waals surface area contributed by atoms with Crippen LogP contribution >= 0.6 is 27.3 Å². The van der Waals surface area contributed by atoms with Crippen LogP contribution in [0.4, 0.5) is 0 Å². The molecule has 1 atom stereocenters. The minimum absolute atomic E-state index is 0.559. The maximum absolute atomic E-state index is 5.33. The Balaban J connectivity index is 1.64. The highest BCUT2D eigenvalue weighted by Gasteiger charge is 2.19. The van der Waals surface area contributed by atoms with Gasteiger partial charge < -0.3 is 10.1 Å². The van der Waals surface area contributed by atoms with E-state index >= 15 is 0 Å². The molecule has 0 saturated heterocycles. The molecule has 0 fully saturated rings. The molecule has 1 aromatic heterocycles. The number of benzene rings is 1. The molecule has 1 aliphatic carbocycles. The van der Waals surface area contributed by atoms with Crippen molar-refractivity contribution in [3.63, 3.8) is 0 Å². The first-order chi connectivity index (χ1) is 9.76. The van der Waals surface area contributed by atoms with Crippen LogP contribution in [-0.4, -0.2) is 13.2 Å². The minimum Gasteiger partial charge on any atom is -0.497 e. The molecule has 0 amide bonds. The Kier molecular flexibility index (Phi) is 4.44. The summed E-state index contributed by atoms with van der Waals surface area (Å²) in [5.41, 5.74) is 2.90. The standard InChI is InChI=1S/C16H18BrNOS/c1-19-14-5-3-11-2-4-13(8-12(11)9-14)18-10-16-15(17)6-7-20-16/h3,5-7,9,13,18H,2,4,8,10H2,1H3. The highest BCUT2D eigenvalue weighted by atomic mass is 79.9. The lowest BCUT2D eigenvalue weighted by molar-refractivity contribution is 0.411. The highest BCUT2D eigenvalue weighted by Crippen LogP contribution is 2.27. The average molecular weight is 352 g/mol. The Hall–Kier alpha value is -0.840. The van der Waals surface area contributed by atoms with E-state index in [9.17, 15) is 0 Å². The zero-order valence-electron chi connectivity index (χ0n) is 11.5. The fraction of sp³-hybridized carbons (Fsp3) is 0.375. The number of halogens is 1. The van der Waals surface area contributed by atoms with Crippen LogP contribution in [0.2, 0.25) is 0 Å². The first-order valence-corrected chi connectivity index (χ1v) is 8.54. The van der Waals surface area contributed by atoms with E-state index in [0.29, 0.717) is 6.04 Å². The lowest BCUT2D eigenvalue weighted by Gasteiger charge is -2.26. The minimum atomic E-state index is 0.559. The molecule has 1 N–H and O–H groups in total. The second-order valence-electron chi connectivity index (χ2n) is 5.15. The molecule has 0 spiro atoms. The van der Waals surface area contributed by atoms with Gasteiger partial charge in [-0.25, -0.2) is 0 Å². The van der Waals surface area contributed by atoms with E-state index in [2.05, 4.69) is 50.9 Å². The molecule has 20 heavy (non-hydrogen) atoms. The molecular weight excluding hydrogens is 334 g/mol. The third kappa shape index (κ3) is 3.08. The first kappa shape index (κ1) is 14.1. The fourth-order valence-corrected chi connectivity index (χ4v) is 4.17. The van der Waals surface area contributed by atoms with E-state index in [4.69, 9.17) is 4.74 Å². The number of hydrogen-bond acceptors (Lipinski definition) is 3. The Morgan fingerprint density at radius 1 is 1.35 bits per heavy atom. The predicted octanol–water partition coefficient (Wildman–Crippen LogP) is 4.17. The van der Waals surface area contributed by atoms with E-state index in [1.807, 2.05) is 0 Å². The van der Waals surface area contributed by atoms with Crippen molar-refractivity contribution < 1.29 is 4.74 Å². The second-order valence-corrected chi connectivity index (χ2v) is 7.00. The van der Waals surface area contributed by atoms with Crippen molar-refractivity contribution in [3.8, 4) is 5.75 Å². The Bertz CT molecular complexity index is 596. The number of rotatable bonds is 4. The van der Waals surface area contributed by atoms with Gasteiger partial charge in [0.1, 0.15) is 5.75 Å². The van der Waals surface area contributed by atoms with Gasteiger partial charge in [0.2, 0.25) is 0 Å².